The van der Waals surface area contributed by atoms with Crippen molar-refractivity contribution in [3.05, 3.63) is 83.3 Å². The third-order valence-electron chi connectivity index (χ3n) is 4.58. The molecule has 0 atom stereocenters. The van der Waals surface area contributed by atoms with Gasteiger partial charge in [-0.05, 0) is 55.0 Å². The van der Waals surface area contributed by atoms with Gasteiger partial charge in [0.25, 0.3) is 5.91 Å². The zero-order valence-electron chi connectivity index (χ0n) is 16.8. The standard InChI is InChI=1S/C23H19ClN4O3/c1-14-11-18(31-17-5-3-16(30-2)4-6-17)12-19(24)21(14)20-13-26-23(27-20)28-22(29)15-7-9-25-10-8-15/h3-13H,1-2H3,(H2,26,27,28,29). The first-order chi connectivity index (χ1) is 15.0. The highest BCUT2D eigenvalue weighted by Crippen LogP contribution is 2.36. The first-order valence-corrected chi connectivity index (χ1v) is 9.80. The highest BCUT2D eigenvalue weighted by atomic mass is 35.5. The van der Waals surface area contributed by atoms with Crippen molar-refractivity contribution in [2.45, 2.75) is 6.92 Å². The number of hydrogen-bond acceptors (Lipinski definition) is 5. The van der Waals surface area contributed by atoms with E-state index in [4.69, 9.17) is 21.1 Å². The lowest BCUT2D eigenvalue weighted by atomic mass is 10.1. The van der Waals surface area contributed by atoms with E-state index in [1.165, 1.54) is 0 Å². The Morgan fingerprint density at radius 3 is 2.42 bits per heavy atom. The summed E-state index contributed by atoms with van der Waals surface area (Å²) < 4.78 is 11.1. The molecule has 8 heteroatoms. The summed E-state index contributed by atoms with van der Waals surface area (Å²) in [6.45, 7) is 1.93. The van der Waals surface area contributed by atoms with Crippen molar-refractivity contribution in [3.63, 3.8) is 0 Å². The number of carbonyl (C=O) groups is 1. The van der Waals surface area contributed by atoms with Crippen LogP contribution in [0, 0.1) is 6.92 Å². The number of aryl methyl sites for hydroxylation is 1. The van der Waals surface area contributed by atoms with Crippen LogP contribution < -0.4 is 14.8 Å². The average molecular weight is 435 g/mol. The fraction of sp³-hybridized carbons (Fsp3) is 0.0870. The number of amides is 1. The molecule has 1 amide bonds. The smallest absolute Gasteiger partial charge is 0.258 e. The molecule has 0 aliphatic carbocycles. The van der Waals surface area contributed by atoms with Gasteiger partial charge in [0.1, 0.15) is 17.2 Å². The number of aromatic amines is 1. The molecule has 0 unspecified atom stereocenters. The van der Waals surface area contributed by atoms with Gasteiger partial charge in [0.15, 0.2) is 0 Å². The number of H-pyrrole nitrogens is 1. The van der Waals surface area contributed by atoms with Crippen LogP contribution in [0.5, 0.6) is 17.2 Å². The van der Waals surface area contributed by atoms with Crippen LogP contribution in [0.3, 0.4) is 0 Å². The maximum atomic E-state index is 12.3. The Morgan fingerprint density at radius 2 is 1.74 bits per heavy atom. The van der Waals surface area contributed by atoms with Crippen LogP contribution >= 0.6 is 11.6 Å². The summed E-state index contributed by atoms with van der Waals surface area (Å²) >= 11 is 6.55. The number of aromatic nitrogens is 3. The van der Waals surface area contributed by atoms with Gasteiger partial charge in [-0.25, -0.2) is 4.98 Å². The number of pyridine rings is 1. The molecule has 0 spiro atoms. The second-order valence-electron chi connectivity index (χ2n) is 6.71. The molecule has 0 radical (unpaired) electrons. The molecule has 0 aliphatic rings. The van der Waals surface area contributed by atoms with Gasteiger partial charge in [-0.1, -0.05) is 11.6 Å². The van der Waals surface area contributed by atoms with Crippen molar-refractivity contribution in [2.75, 3.05) is 12.4 Å². The third kappa shape index (κ3) is 4.67. The molecule has 0 fully saturated rings. The van der Waals surface area contributed by atoms with Gasteiger partial charge in [0.05, 0.1) is 24.0 Å². The summed E-state index contributed by atoms with van der Waals surface area (Å²) in [5.74, 6) is 2.08. The zero-order valence-corrected chi connectivity index (χ0v) is 17.6. The number of ether oxygens (including phenoxy) is 2. The van der Waals surface area contributed by atoms with Crippen LogP contribution in [0.1, 0.15) is 15.9 Å². The topological polar surface area (TPSA) is 89.1 Å². The van der Waals surface area contributed by atoms with Crippen LogP contribution in [-0.4, -0.2) is 28.0 Å². The third-order valence-corrected chi connectivity index (χ3v) is 4.87. The molecular weight excluding hydrogens is 416 g/mol. The normalized spacial score (nSPS) is 10.5. The van der Waals surface area contributed by atoms with Crippen LogP contribution in [0.2, 0.25) is 5.02 Å². The monoisotopic (exact) mass is 434 g/mol. The first-order valence-electron chi connectivity index (χ1n) is 9.42. The Kier molecular flexibility index (Phi) is 5.86. The molecule has 0 bridgehead atoms. The van der Waals surface area contributed by atoms with Crippen molar-refractivity contribution in [3.8, 4) is 28.5 Å². The highest BCUT2D eigenvalue weighted by molar-refractivity contribution is 6.33. The SMILES string of the molecule is COc1ccc(Oc2cc(C)c(-c3cnc(NC(=O)c4ccncc4)[nH]3)c(Cl)c2)cc1. The molecule has 4 aromatic rings. The predicted octanol–water partition coefficient (Wildman–Crippen LogP) is 5.49. The van der Waals surface area contributed by atoms with Gasteiger partial charge >= 0.3 is 0 Å². The summed E-state index contributed by atoms with van der Waals surface area (Å²) in [5, 5.41) is 3.23. The fourth-order valence-electron chi connectivity index (χ4n) is 3.09. The van der Waals surface area contributed by atoms with Crippen LogP contribution in [0.4, 0.5) is 5.95 Å². The Labute approximate surface area is 184 Å². The second-order valence-corrected chi connectivity index (χ2v) is 7.12. The van der Waals surface area contributed by atoms with Crippen LogP contribution in [0.25, 0.3) is 11.3 Å². The minimum absolute atomic E-state index is 0.283. The number of hydrogen-bond donors (Lipinski definition) is 2. The molecule has 2 N–H and O–H groups in total. The molecule has 2 aromatic heterocycles. The number of carbonyl (C=O) groups excluding carboxylic acids is 1. The van der Waals surface area contributed by atoms with Crippen molar-refractivity contribution in [1.29, 1.82) is 0 Å². The summed E-state index contributed by atoms with van der Waals surface area (Å²) in [4.78, 5) is 23.5. The Morgan fingerprint density at radius 1 is 1.03 bits per heavy atom. The van der Waals surface area contributed by atoms with Gasteiger partial charge in [-0.15, -0.1) is 0 Å². The zero-order chi connectivity index (χ0) is 21.8. The lowest BCUT2D eigenvalue weighted by Gasteiger charge is -2.12. The van der Waals surface area contributed by atoms with E-state index in [-0.39, 0.29) is 5.91 Å². The molecule has 2 aromatic carbocycles. The van der Waals surface area contributed by atoms with E-state index < -0.39 is 0 Å². The number of anilines is 1. The number of methoxy groups -OCH3 is 1. The van der Waals surface area contributed by atoms with Gasteiger partial charge in [0.2, 0.25) is 5.95 Å². The molecular formula is C23H19ClN4O3. The largest absolute Gasteiger partial charge is 0.497 e. The van der Waals surface area contributed by atoms with E-state index in [1.54, 1.807) is 43.9 Å². The van der Waals surface area contributed by atoms with Crippen molar-refractivity contribution in [1.82, 2.24) is 15.0 Å². The first kappa shape index (κ1) is 20.4. The van der Waals surface area contributed by atoms with Crippen LogP contribution in [0.15, 0.2) is 67.1 Å². The van der Waals surface area contributed by atoms with Gasteiger partial charge < -0.3 is 14.5 Å². The van der Waals surface area contributed by atoms with Crippen molar-refractivity contribution >= 4 is 23.5 Å². The lowest BCUT2D eigenvalue weighted by Crippen LogP contribution is -2.12. The average Bonchev–Trinajstić information content (AvgIpc) is 3.22. The van der Waals surface area contributed by atoms with Gasteiger partial charge in [0, 0.05) is 29.6 Å². The lowest BCUT2D eigenvalue weighted by molar-refractivity contribution is 0.102. The van der Waals surface area contributed by atoms with Crippen molar-refractivity contribution in [2.24, 2.45) is 0 Å². The number of halogens is 1. The Bertz CT molecular complexity index is 1180. The maximum Gasteiger partial charge on any atom is 0.258 e. The Hall–Kier alpha value is -3.84. The molecule has 31 heavy (non-hydrogen) atoms. The number of nitrogens with one attached hydrogen (secondary N) is 2. The summed E-state index contributed by atoms with van der Waals surface area (Å²) in [5.41, 5.74) is 2.85. The molecule has 0 aliphatic heterocycles. The number of imidazole rings is 1. The molecule has 2 heterocycles. The number of rotatable bonds is 6. The van der Waals surface area contributed by atoms with E-state index in [0.717, 1.165) is 16.9 Å². The molecule has 0 saturated carbocycles. The predicted molar refractivity (Wildman–Crippen MR) is 119 cm³/mol. The highest BCUT2D eigenvalue weighted by Gasteiger charge is 2.14. The van der Waals surface area contributed by atoms with E-state index in [2.05, 4.69) is 20.3 Å². The van der Waals surface area contributed by atoms with Crippen molar-refractivity contribution < 1.29 is 14.3 Å². The summed E-state index contributed by atoms with van der Waals surface area (Å²) in [7, 11) is 1.61. The molecule has 156 valence electrons. The van der Waals surface area contributed by atoms with Crippen LogP contribution in [-0.2, 0) is 0 Å². The minimum Gasteiger partial charge on any atom is -0.497 e. The number of nitrogens with zero attached hydrogens (tertiary/aromatic N) is 2. The number of benzene rings is 2. The van der Waals surface area contributed by atoms with E-state index in [1.807, 2.05) is 37.3 Å². The fourth-order valence-corrected chi connectivity index (χ4v) is 3.45. The molecule has 0 saturated heterocycles. The van der Waals surface area contributed by atoms with Gasteiger partial charge in [-0.3, -0.25) is 15.1 Å². The second kappa shape index (κ2) is 8.89. The maximum absolute atomic E-state index is 12.3. The quantitative estimate of drug-likeness (QED) is 0.419. The summed E-state index contributed by atoms with van der Waals surface area (Å²) in [6, 6.07) is 14.2. The minimum atomic E-state index is -0.283. The molecule has 7 nitrogen and oxygen atoms in total. The molecule has 4 rings (SSSR count). The van der Waals surface area contributed by atoms with E-state index in [9.17, 15) is 4.79 Å². The van der Waals surface area contributed by atoms with Gasteiger partial charge in [-0.2, -0.15) is 0 Å². The summed E-state index contributed by atoms with van der Waals surface area (Å²) in [6.07, 6.45) is 4.74. The van der Waals surface area contributed by atoms with E-state index >= 15 is 0 Å². The Balaban J connectivity index is 1.52. The van der Waals surface area contributed by atoms with E-state index in [0.29, 0.717) is 33.7 Å².